The summed E-state index contributed by atoms with van der Waals surface area (Å²) in [5.41, 5.74) is 9.29. The van der Waals surface area contributed by atoms with Crippen LogP contribution in [0.5, 0.6) is 0 Å². The molecule has 4 nitrogen and oxygen atoms in total. The van der Waals surface area contributed by atoms with Crippen molar-refractivity contribution in [3.8, 4) is 0 Å². The lowest BCUT2D eigenvalue weighted by Crippen LogP contribution is -2.17. The van der Waals surface area contributed by atoms with E-state index in [1.165, 1.54) is 6.07 Å². The minimum atomic E-state index is -2.81. The largest absolute Gasteiger partial charge is 0.397 e. The van der Waals surface area contributed by atoms with Crippen LogP contribution < -0.4 is 11.5 Å². The van der Waals surface area contributed by atoms with Gasteiger partial charge in [-0.05, 0) is 28.7 Å². The number of carbonyl (C=O) groups excluding carboxylic acids is 1. The number of hydrogen-bond acceptors (Lipinski definition) is 3. The lowest BCUT2D eigenvalue weighted by molar-refractivity contribution is 0.0992. The molecule has 4 N–H and O–H groups in total. The van der Waals surface area contributed by atoms with Crippen molar-refractivity contribution < 1.29 is 13.6 Å². The molecule has 1 aromatic rings. The van der Waals surface area contributed by atoms with Crippen LogP contribution >= 0.6 is 22.6 Å². The second-order valence-corrected chi connectivity index (χ2v) is 3.62. The lowest BCUT2D eigenvalue weighted by Gasteiger charge is -2.06. The van der Waals surface area contributed by atoms with Gasteiger partial charge in [-0.15, -0.1) is 0 Å². The predicted molar refractivity (Wildman–Crippen MR) is 54.8 cm³/mol. The Labute approximate surface area is 91.8 Å². The summed E-state index contributed by atoms with van der Waals surface area (Å²) in [4.78, 5) is 14.2. The Morgan fingerprint density at radius 2 is 2.14 bits per heavy atom. The standard InChI is InChI=1S/C7H6F2IN3O/c8-6(9)5-3(11)1-2(10)4(13-5)7(12)14/h1,6H,11H2,(H2,12,14). The highest BCUT2D eigenvalue weighted by Crippen LogP contribution is 2.25. The lowest BCUT2D eigenvalue weighted by atomic mass is 10.2. The van der Waals surface area contributed by atoms with Gasteiger partial charge in [0.25, 0.3) is 12.3 Å². The summed E-state index contributed by atoms with van der Waals surface area (Å²) >= 11 is 1.75. The van der Waals surface area contributed by atoms with E-state index in [1.54, 1.807) is 22.6 Å². The molecule has 0 aliphatic rings. The Morgan fingerprint density at radius 3 is 2.57 bits per heavy atom. The first-order valence-corrected chi connectivity index (χ1v) is 4.55. The third-order valence-corrected chi connectivity index (χ3v) is 2.30. The van der Waals surface area contributed by atoms with Crippen LogP contribution in [0.1, 0.15) is 22.6 Å². The van der Waals surface area contributed by atoms with Crippen molar-refractivity contribution in [1.29, 1.82) is 0 Å². The molecule has 0 aliphatic heterocycles. The summed E-state index contributed by atoms with van der Waals surface area (Å²) in [6.45, 7) is 0. The highest BCUT2D eigenvalue weighted by molar-refractivity contribution is 14.1. The highest BCUT2D eigenvalue weighted by atomic mass is 127. The van der Waals surface area contributed by atoms with E-state index >= 15 is 0 Å². The minimum Gasteiger partial charge on any atom is -0.397 e. The van der Waals surface area contributed by atoms with Gasteiger partial charge in [0.2, 0.25) is 0 Å². The number of anilines is 1. The number of hydrogen-bond donors (Lipinski definition) is 2. The van der Waals surface area contributed by atoms with Gasteiger partial charge in [0.05, 0.1) is 5.69 Å². The number of aromatic nitrogens is 1. The monoisotopic (exact) mass is 313 g/mol. The second kappa shape index (κ2) is 4.03. The Balaban J connectivity index is 3.34. The average Bonchev–Trinajstić information content (AvgIpc) is 2.02. The molecule has 14 heavy (non-hydrogen) atoms. The van der Waals surface area contributed by atoms with E-state index in [1.807, 2.05) is 0 Å². The van der Waals surface area contributed by atoms with Crippen molar-refractivity contribution >= 4 is 34.2 Å². The molecule has 0 radical (unpaired) electrons. The van der Waals surface area contributed by atoms with E-state index in [4.69, 9.17) is 11.5 Å². The molecule has 1 aromatic heterocycles. The smallest absolute Gasteiger partial charge is 0.282 e. The first-order chi connectivity index (χ1) is 6.43. The molecule has 0 aromatic carbocycles. The van der Waals surface area contributed by atoms with Crippen LogP contribution in [0.2, 0.25) is 0 Å². The zero-order valence-corrected chi connectivity index (χ0v) is 8.96. The van der Waals surface area contributed by atoms with Crippen molar-refractivity contribution in [2.45, 2.75) is 6.43 Å². The summed E-state index contributed by atoms with van der Waals surface area (Å²) in [6, 6.07) is 1.25. The number of halogens is 3. The maximum Gasteiger partial charge on any atom is 0.282 e. The molecule has 0 unspecified atom stereocenters. The molecule has 0 atom stereocenters. The fraction of sp³-hybridized carbons (Fsp3) is 0.143. The third kappa shape index (κ3) is 2.08. The van der Waals surface area contributed by atoms with Crippen molar-refractivity contribution in [3.63, 3.8) is 0 Å². The molecule has 0 fully saturated rings. The van der Waals surface area contributed by atoms with Crippen molar-refractivity contribution in [3.05, 3.63) is 21.0 Å². The van der Waals surface area contributed by atoms with Crippen LogP contribution in [0.3, 0.4) is 0 Å². The Bertz CT molecular complexity index is 383. The number of pyridine rings is 1. The van der Waals surface area contributed by atoms with E-state index < -0.39 is 18.0 Å². The maximum atomic E-state index is 12.3. The van der Waals surface area contributed by atoms with Gasteiger partial charge in [0.1, 0.15) is 11.4 Å². The topological polar surface area (TPSA) is 82.0 Å². The molecule has 0 saturated carbocycles. The first-order valence-electron chi connectivity index (χ1n) is 3.47. The van der Waals surface area contributed by atoms with Crippen LogP contribution in [0.15, 0.2) is 6.07 Å². The molecule has 7 heteroatoms. The fourth-order valence-corrected chi connectivity index (χ4v) is 1.59. The van der Waals surface area contributed by atoms with Crippen molar-refractivity contribution in [2.75, 3.05) is 5.73 Å². The summed E-state index contributed by atoms with van der Waals surface area (Å²) in [5.74, 6) is -0.851. The van der Waals surface area contributed by atoms with Gasteiger partial charge in [0, 0.05) is 3.57 Å². The number of primary amides is 1. The second-order valence-electron chi connectivity index (χ2n) is 2.46. The van der Waals surface area contributed by atoms with Gasteiger partial charge in [-0.2, -0.15) is 0 Å². The number of nitrogen functional groups attached to an aromatic ring is 1. The summed E-state index contributed by atoms with van der Waals surface area (Å²) in [5, 5.41) is 0. The molecule has 0 bridgehead atoms. The van der Waals surface area contributed by atoms with E-state index in [0.717, 1.165) is 0 Å². The van der Waals surface area contributed by atoms with Gasteiger partial charge < -0.3 is 11.5 Å². The number of amides is 1. The molecule has 1 heterocycles. The third-order valence-electron chi connectivity index (χ3n) is 1.48. The number of carbonyl (C=O) groups is 1. The Morgan fingerprint density at radius 1 is 1.57 bits per heavy atom. The van der Waals surface area contributed by atoms with E-state index in [-0.39, 0.29) is 11.4 Å². The number of rotatable bonds is 2. The van der Waals surface area contributed by atoms with Gasteiger partial charge in [-0.1, -0.05) is 0 Å². The fourth-order valence-electron chi connectivity index (χ4n) is 0.865. The Hall–Kier alpha value is -0.990. The zero-order chi connectivity index (χ0) is 10.9. The number of nitrogens with zero attached hydrogens (tertiary/aromatic N) is 1. The van der Waals surface area contributed by atoms with Gasteiger partial charge in [-0.3, -0.25) is 4.79 Å². The van der Waals surface area contributed by atoms with E-state index in [0.29, 0.717) is 3.57 Å². The minimum absolute atomic E-state index is 0.144. The first kappa shape index (κ1) is 11.1. The van der Waals surface area contributed by atoms with E-state index in [2.05, 4.69) is 4.98 Å². The summed E-state index contributed by atoms with van der Waals surface area (Å²) < 4.78 is 25.0. The normalized spacial score (nSPS) is 10.6. The van der Waals surface area contributed by atoms with Crippen LogP contribution in [0.25, 0.3) is 0 Å². The molecule has 1 rings (SSSR count). The average molecular weight is 313 g/mol. The van der Waals surface area contributed by atoms with Crippen LogP contribution in [-0.2, 0) is 0 Å². The van der Waals surface area contributed by atoms with Gasteiger partial charge in [0.15, 0.2) is 0 Å². The van der Waals surface area contributed by atoms with Crippen LogP contribution in [-0.4, -0.2) is 10.9 Å². The number of nitrogens with two attached hydrogens (primary N) is 2. The summed E-state index contributed by atoms with van der Waals surface area (Å²) in [6.07, 6.45) is -2.81. The van der Waals surface area contributed by atoms with Gasteiger partial charge in [-0.25, -0.2) is 13.8 Å². The zero-order valence-electron chi connectivity index (χ0n) is 6.80. The molecule has 0 saturated heterocycles. The van der Waals surface area contributed by atoms with Crippen molar-refractivity contribution in [2.24, 2.45) is 5.73 Å². The molecule has 0 aliphatic carbocycles. The predicted octanol–water partition coefficient (Wildman–Crippen LogP) is 1.30. The van der Waals surface area contributed by atoms with Crippen LogP contribution in [0.4, 0.5) is 14.5 Å². The quantitative estimate of drug-likeness (QED) is 0.808. The van der Waals surface area contributed by atoms with E-state index in [9.17, 15) is 13.6 Å². The molecule has 1 amide bonds. The molecular weight excluding hydrogens is 307 g/mol. The molecule has 76 valence electrons. The van der Waals surface area contributed by atoms with Gasteiger partial charge >= 0.3 is 0 Å². The molecule has 0 spiro atoms. The molecular formula is C7H6F2IN3O. The number of alkyl halides is 2. The van der Waals surface area contributed by atoms with Crippen LogP contribution in [0, 0.1) is 3.57 Å². The maximum absolute atomic E-state index is 12.3. The van der Waals surface area contributed by atoms with Crippen molar-refractivity contribution in [1.82, 2.24) is 4.98 Å². The SMILES string of the molecule is NC(=O)c1nc(C(F)F)c(N)cc1I. The highest BCUT2D eigenvalue weighted by Gasteiger charge is 2.18. The summed E-state index contributed by atoms with van der Waals surface area (Å²) in [7, 11) is 0. The Kier molecular flexibility index (Phi) is 3.19.